The Labute approximate surface area is 132 Å². The van der Waals surface area contributed by atoms with Crippen molar-refractivity contribution in [2.75, 3.05) is 0 Å². The largest absolute Gasteiger partial charge is 0.309 e. The van der Waals surface area contributed by atoms with Crippen LogP contribution in [0.4, 0.5) is 0 Å². The minimum Gasteiger partial charge on any atom is -0.309 e. The minimum absolute atomic E-state index is 0.257. The van der Waals surface area contributed by atoms with Gasteiger partial charge in [0.25, 0.3) is 0 Å². The normalized spacial score (nSPS) is 21.7. The fourth-order valence-corrected chi connectivity index (χ4v) is 6.49. The van der Waals surface area contributed by atoms with Crippen LogP contribution < -0.4 is 10.0 Å². The number of hydrogen-bond donors (Lipinski definition) is 2. The molecule has 0 radical (unpaired) electrons. The van der Waals surface area contributed by atoms with Gasteiger partial charge in [0.2, 0.25) is 10.0 Å². The molecule has 2 aliphatic rings. The molecule has 1 heterocycles. The van der Waals surface area contributed by atoms with Crippen LogP contribution in [0, 0.1) is 0 Å². The van der Waals surface area contributed by atoms with Crippen molar-refractivity contribution < 1.29 is 8.42 Å². The van der Waals surface area contributed by atoms with Gasteiger partial charge in [0.15, 0.2) is 0 Å². The molecule has 20 heavy (non-hydrogen) atoms. The molecule has 112 valence electrons. The topological polar surface area (TPSA) is 58.2 Å². The number of hydrogen-bond acceptors (Lipinski definition) is 4. The number of nitrogens with one attached hydrogen (secondary N) is 2. The standard InChI is InChI=1S/C13H19BrN2O2S2/c1-13(5-2-6-13)16-20(17,18)11-7-10(19-12(11)14)8-15-9-3-4-9/h7,9,15-16H,2-6,8H2,1H3. The van der Waals surface area contributed by atoms with E-state index < -0.39 is 10.0 Å². The molecule has 0 aliphatic heterocycles. The quantitative estimate of drug-likeness (QED) is 0.799. The number of halogens is 1. The molecule has 2 aliphatic carbocycles. The molecule has 0 atom stereocenters. The molecule has 0 bridgehead atoms. The number of rotatable bonds is 6. The summed E-state index contributed by atoms with van der Waals surface area (Å²) in [6.07, 6.45) is 5.41. The molecule has 0 aromatic carbocycles. The van der Waals surface area contributed by atoms with Gasteiger partial charge >= 0.3 is 0 Å². The van der Waals surface area contributed by atoms with Crippen molar-refractivity contribution >= 4 is 37.3 Å². The van der Waals surface area contributed by atoms with E-state index in [4.69, 9.17) is 0 Å². The lowest BCUT2D eigenvalue weighted by Crippen LogP contribution is -2.50. The number of thiophene rings is 1. The third kappa shape index (κ3) is 3.27. The number of sulfonamides is 1. The zero-order valence-corrected chi connectivity index (χ0v) is 14.6. The molecular weight excluding hydrogens is 360 g/mol. The van der Waals surface area contributed by atoms with Gasteiger partial charge in [0, 0.05) is 23.0 Å². The Morgan fingerprint density at radius 1 is 1.45 bits per heavy atom. The van der Waals surface area contributed by atoms with Crippen LogP contribution in [0.1, 0.15) is 43.9 Å². The molecule has 4 nitrogen and oxygen atoms in total. The molecule has 0 amide bonds. The van der Waals surface area contributed by atoms with E-state index in [1.165, 1.54) is 24.2 Å². The fraction of sp³-hybridized carbons (Fsp3) is 0.692. The highest BCUT2D eigenvalue weighted by Crippen LogP contribution is 2.36. The fourth-order valence-electron chi connectivity index (χ4n) is 2.39. The third-order valence-corrected chi connectivity index (χ3v) is 7.87. The first kappa shape index (κ1) is 15.0. The van der Waals surface area contributed by atoms with Crippen molar-refractivity contribution in [3.63, 3.8) is 0 Å². The Bertz CT molecular complexity index is 604. The summed E-state index contributed by atoms with van der Waals surface area (Å²) in [6.45, 7) is 2.73. The van der Waals surface area contributed by atoms with Gasteiger partial charge in [-0.2, -0.15) is 0 Å². The lowest BCUT2D eigenvalue weighted by Gasteiger charge is -2.38. The highest BCUT2D eigenvalue weighted by atomic mass is 79.9. The molecule has 3 rings (SSSR count). The first-order chi connectivity index (χ1) is 9.38. The summed E-state index contributed by atoms with van der Waals surface area (Å²) >= 11 is 4.89. The van der Waals surface area contributed by atoms with E-state index in [1.807, 2.05) is 6.92 Å². The molecule has 0 saturated heterocycles. The lowest BCUT2D eigenvalue weighted by atomic mass is 9.80. The van der Waals surface area contributed by atoms with Crippen molar-refractivity contribution in [1.82, 2.24) is 10.0 Å². The second kappa shape index (κ2) is 5.35. The van der Waals surface area contributed by atoms with E-state index >= 15 is 0 Å². The predicted octanol–water partition coefficient (Wildman–Crippen LogP) is 2.98. The van der Waals surface area contributed by atoms with Crippen molar-refractivity contribution in [3.05, 3.63) is 14.7 Å². The molecule has 0 spiro atoms. The van der Waals surface area contributed by atoms with Crippen LogP contribution in [0.3, 0.4) is 0 Å². The van der Waals surface area contributed by atoms with E-state index in [2.05, 4.69) is 26.0 Å². The summed E-state index contributed by atoms with van der Waals surface area (Å²) in [7, 11) is -3.43. The third-order valence-electron chi connectivity index (χ3n) is 3.98. The van der Waals surface area contributed by atoms with E-state index in [-0.39, 0.29) is 5.54 Å². The average molecular weight is 379 g/mol. The summed E-state index contributed by atoms with van der Waals surface area (Å²) in [5.41, 5.74) is -0.257. The minimum atomic E-state index is -3.43. The van der Waals surface area contributed by atoms with Gasteiger partial charge in [0.1, 0.15) is 4.90 Å². The van der Waals surface area contributed by atoms with E-state index in [0.29, 0.717) is 14.7 Å². The van der Waals surface area contributed by atoms with E-state index in [9.17, 15) is 8.42 Å². The van der Waals surface area contributed by atoms with Crippen LogP contribution in [-0.2, 0) is 16.6 Å². The second-order valence-corrected chi connectivity index (χ2v) is 10.1. The van der Waals surface area contributed by atoms with Gasteiger partial charge in [-0.05, 0) is 61.0 Å². The van der Waals surface area contributed by atoms with Crippen LogP contribution in [0.25, 0.3) is 0 Å². The molecule has 1 aromatic rings. The Morgan fingerprint density at radius 2 is 2.15 bits per heavy atom. The van der Waals surface area contributed by atoms with Crippen molar-refractivity contribution in [2.45, 2.75) is 62.0 Å². The van der Waals surface area contributed by atoms with Crippen molar-refractivity contribution in [3.8, 4) is 0 Å². The second-order valence-electron chi connectivity index (χ2n) is 6.03. The van der Waals surface area contributed by atoms with Crippen LogP contribution in [0.5, 0.6) is 0 Å². The SMILES string of the molecule is CC1(NS(=O)(=O)c2cc(CNC3CC3)sc2Br)CCC1. The van der Waals surface area contributed by atoms with E-state index in [1.54, 1.807) is 6.07 Å². The van der Waals surface area contributed by atoms with Gasteiger partial charge in [-0.3, -0.25) is 0 Å². The smallest absolute Gasteiger partial charge is 0.243 e. The Morgan fingerprint density at radius 3 is 2.70 bits per heavy atom. The van der Waals surface area contributed by atoms with Gasteiger partial charge in [-0.1, -0.05) is 0 Å². The zero-order chi connectivity index (χ0) is 14.4. The lowest BCUT2D eigenvalue weighted by molar-refractivity contribution is 0.248. The molecule has 1 aromatic heterocycles. The van der Waals surface area contributed by atoms with Gasteiger partial charge in [-0.15, -0.1) is 11.3 Å². The van der Waals surface area contributed by atoms with Crippen LogP contribution >= 0.6 is 27.3 Å². The monoisotopic (exact) mass is 378 g/mol. The maximum Gasteiger partial charge on any atom is 0.243 e. The molecule has 2 N–H and O–H groups in total. The Balaban J connectivity index is 1.74. The summed E-state index contributed by atoms with van der Waals surface area (Å²) in [5, 5.41) is 3.41. The first-order valence-electron chi connectivity index (χ1n) is 6.94. The maximum atomic E-state index is 12.5. The summed E-state index contributed by atoms with van der Waals surface area (Å²) in [4.78, 5) is 1.44. The van der Waals surface area contributed by atoms with Gasteiger partial charge in [0.05, 0.1) is 3.79 Å². The van der Waals surface area contributed by atoms with Gasteiger partial charge in [-0.25, -0.2) is 13.1 Å². The van der Waals surface area contributed by atoms with Crippen LogP contribution in [0.15, 0.2) is 14.7 Å². The highest BCUT2D eigenvalue weighted by molar-refractivity contribution is 9.11. The predicted molar refractivity (Wildman–Crippen MR) is 84.5 cm³/mol. The van der Waals surface area contributed by atoms with Crippen LogP contribution in [0.2, 0.25) is 0 Å². The van der Waals surface area contributed by atoms with Crippen molar-refractivity contribution in [1.29, 1.82) is 0 Å². The molecule has 2 fully saturated rings. The molecule has 7 heteroatoms. The summed E-state index contributed by atoms with van der Waals surface area (Å²) < 4.78 is 28.5. The average Bonchev–Trinajstić information content (AvgIpc) is 3.07. The van der Waals surface area contributed by atoms with Crippen molar-refractivity contribution in [2.24, 2.45) is 0 Å². The molecule has 2 saturated carbocycles. The molecular formula is C13H19BrN2O2S2. The Hall–Kier alpha value is 0.0500. The summed E-state index contributed by atoms with van der Waals surface area (Å²) in [6, 6.07) is 2.41. The highest BCUT2D eigenvalue weighted by Gasteiger charge is 2.37. The zero-order valence-electron chi connectivity index (χ0n) is 11.4. The van der Waals surface area contributed by atoms with Crippen LogP contribution in [-0.4, -0.2) is 20.0 Å². The Kier molecular flexibility index (Phi) is 4.01. The summed E-state index contributed by atoms with van der Waals surface area (Å²) in [5.74, 6) is 0. The van der Waals surface area contributed by atoms with E-state index in [0.717, 1.165) is 30.7 Å². The first-order valence-corrected chi connectivity index (χ1v) is 10.0. The van der Waals surface area contributed by atoms with Gasteiger partial charge < -0.3 is 5.32 Å². The maximum absolute atomic E-state index is 12.5. The molecule has 0 unspecified atom stereocenters.